The van der Waals surface area contributed by atoms with Crippen LogP contribution in [0.3, 0.4) is 0 Å². The van der Waals surface area contributed by atoms with E-state index in [1.807, 2.05) is 13.2 Å². The van der Waals surface area contributed by atoms with Crippen LogP contribution in [0.5, 0.6) is 0 Å². The van der Waals surface area contributed by atoms with Gasteiger partial charge in [-0.1, -0.05) is 0 Å². The number of hydrogen-bond acceptors (Lipinski definition) is 4. The third-order valence-electron chi connectivity index (χ3n) is 2.23. The van der Waals surface area contributed by atoms with E-state index in [-0.39, 0.29) is 18.6 Å². The molecule has 1 unspecified atom stereocenters. The lowest BCUT2D eigenvalue weighted by molar-refractivity contribution is -0.137. The van der Waals surface area contributed by atoms with E-state index in [4.69, 9.17) is 5.11 Å². The van der Waals surface area contributed by atoms with Gasteiger partial charge in [-0.25, -0.2) is 4.79 Å². The van der Waals surface area contributed by atoms with Gasteiger partial charge in [0.1, 0.15) is 6.54 Å². The summed E-state index contributed by atoms with van der Waals surface area (Å²) in [7, 11) is 1.64. The van der Waals surface area contributed by atoms with E-state index >= 15 is 0 Å². The van der Waals surface area contributed by atoms with Crippen molar-refractivity contribution < 1.29 is 19.5 Å². The highest BCUT2D eigenvalue weighted by molar-refractivity contribution is 7.98. The van der Waals surface area contributed by atoms with Gasteiger partial charge in [0.25, 0.3) is 0 Å². The number of carboxylic acids is 1. The molecule has 0 heterocycles. The first-order valence-electron chi connectivity index (χ1n) is 5.36. The number of aliphatic carboxylic acids is 1. The second kappa shape index (κ2) is 8.62. The van der Waals surface area contributed by atoms with Gasteiger partial charge in [0, 0.05) is 18.8 Å². The molecule has 0 aliphatic heterocycles. The van der Waals surface area contributed by atoms with E-state index in [0.717, 1.165) is 5.75 Å². The lowest BCUT2D eigenvalue weighted by Crippen LogP contribution is -2.47. The maximum atomic E-state index is 11.6. The minimum Gasteiger partial charge on any atom is -0.480 e. The van der Waals surface area contributed by atoms with Crippen molar-refractivity contribution in [3.8, 4) is 0 Å². The number of carbonyl (C=O) groups is 3. The van der Waals surface area contributed by atoms with Crippen LogP contribution in [0.4, 0.5) is 4.79 Å². The molecule has 0 rings (SSSR count). The van der Waals surface area contributed by atoms with Gasteiger partial charge in [0.05, 0.1) is 6.54 Å². The van der Waals surface area contributed by atoms with Gasteiger partial charge in [-0.3, -0.25) is 9.59 Å². The Hall–Kier alpha value is -1.44. The van der Waals surface area contributed by atoms with Crippen molar-refractivity contribution in [1.29, 1.82) is 0 Å². The molecular weight excluding hydrogens is 258 g/mol. The highest BCUT2D eigenvalue weighted by Gasteiger charge is 2.15. The monoisotopic (exact) mass is 277 g/mol. The predicted molar refractivity (Wildman–Crippen MR) is 69.7 cm³/mol. The van der Waals surface area contributed by atoms with Crippen LogP contribution < -0.4 is 10.6 Å². The molecule has 0 aromatic rings. The smallest absolute Gasteiger partial charge is 0.322 e. The van der Waals surface area contributed by atoms with Gasteiger partial charge < -0.3 is 20.6 Å². The Labute approximate surface area is 110 Å². The van der Waals surface area contributed by atoms with Gasteiger partial charge in [-0.15, -0.1) is 0 Å². The molecule has 0 aliphatic rings. The molecule has 18 heavy (non-hydrogen) atoms. The summed E-state index contributed by atoms with van der Waals surface area (Å²) in [5.74, 6) is -0.855. The lowest BCUT2D eigenvalue weighted by Gasteiger charge is -2.24. The molecule has 3 N–H and O–H groups in total. The Morgan fingerprint density at radius 1 is 1.28 bits per heavy atom. The van der Waals surface area contributed by atoms with E-state index < -0.39 is 18.4 Å². The molecule has 0 bridgehead atoms. The van der Waals surface area contributed by atoms with Gasteiger partial charge >= 0.3 is 12.0 Å². The van der Waals surface area contributed by atoms with Crippen molar-refractivity contribution in [3.63, 3.8) is 0 Å². The van der Waals surface area contributed by atoms with Crippen molar-refractivity contribution in [1.82, 2.24) is 15.5 Å². The summed E-state index contributed by atoms with van der Waals surface area (Å²) in [5.41, 5.74) is 0. The highest BCUT2D eigenvalue weighted by atomic mass is 32.2. The molecule has 0 saturated heterocycles. The summed E-state index contributed by atoms with van der Waals surface area (Å²) in [6, 6.07) is -0.302. The first-order chi connectivity index (χ1) is 8.38. The molecule has 0 aromatic carbocycles. The van der Waals surface area contributed by atoms with Gasteiger partial charge in [-0.05, 0) is 13.2 Å². The fraction of sp³-hybridized carbons (Fsp3) is 0.700. The Balaban J connectivity index is 3.94. The largest absolute Gasteiger partial charge is 0.480 e. The van der Waals surface area contributed by atoms with Gasteiger partial charge in [-0.2, -0.15) is 11.8 Å². The second-order valence-electron chi connectivity index (χ2n) is 3.74. The molecule has 0 aromatic heterocycles. The molecular formula is C10H19N3O4S. The molecule has 8 heteroatoms. The number of nitrogens with one attached hydrogen (secondary N) is 2. The van der Waals surface area contributed by atoms with E-state index in [1.54, 1.807) is 18.8 Å². The topological polar surface area (TPSA) is 98.7 Å². The number of carbonyl (C=O) groups excluding carboxylic acids is 2. The molecule has 0 radical (unpaired) electrons. The van der Waals surface area contributed by atoms with Crippen LogP contribution in [0.25, 0.3) is 0 Å². The average Bonchev–Trinajstić information content (AvgIpc) is 2.32. The predicted octanol–water partition coefficient (Wildman–Crippen LogP) is -0.420. The summed E-state index contributed by atoms with van der Waals surface area (Å²) < 4.78 is 0. The lowest BCUT2D eigenvalue weighted by atomic mass is 10.3. The van der Waals surface area contributed by atoms with Crippen molar-refractivity contribution in [3.05, 3.63) is 0 Å². The molecule has 3 amide bonds. The SMILES string of the molecule is CSCC(C)N(C)C(=O)NCC(=O)NCC(=O)O. The summed E-state index contributed by atoms with van der Waals surface area (Å²) in [6.07, 6.45) is 1.95. The number of carboxylic acid groups (broad SMARTS) is 1. The van der Waals surface area contributed by atoms with Gasteiger partial charge in [0.2, 0.25) is 5.91 Å². The zero-order valence-corrected chi connectivity index (χ0v) is 11.5. The standard InChI is InChI=1S/C10H19N3O4S/c1-7(6-18-3)13(2)10(17)12-4-8(14)11-5-9(15)16/h7H,4-6H2,1-3H3,(H,11,14)(H,12,17)(H,15,16). The number of nitrogens with zero attached hydrogens (tertiary/aromatic N) is 1. The Morgan fingerprint density at radius 2 is 1.89 bits per heavy atom. The van der Waals surface area contributed by atoms with Crippen LogP contribution in [0.1, 0.15) is 6.92 Å². The number of rotatable bonds is 7. The number of amides is 3. The van der Waals surface area contributed by atoms with Crippen LogP contribution in [0.2, 0.25) is 0 Å². The minimum absolute atomic E-state index is 0.0575. The van der Waals surface area contributed by atoms with Gasteiger partial charge in [0.15, 0.2) is 0 Å². The first kappa shape index (κ1) is 16.6. The van der Waals surface area contributed by atoms with Crippen LogP contribution in [-0.2, 0) is 9.59 Å². The first-order valence-corrected chi connectivity index (χ1v) is 6.76. The Morgan fingerprint density at radius 3 is 2.39 bits per heavy atom. The molecule has 1 atom stereocenters. The maximum absolute atomic E-state index is 11.6. The van der Waals surface area contributed by atoms with E-state index in [0.29, 0.717) is 0 Å². The average molecular weight is 277 g/mol. The molecule has 0 fully saturated rings. The molecule has 0 saturated carbocycles. The quantitative estimate of drug-likeness (QED) is 0.587. The van der Waals surface area contributed by atoms with Crippen LogP contribution >= 0.6 is 11.8 Å². The summed E-state index contributed by atoms with van der Waals surface area (Å²) in [4.78, 5) is 34.5. The second-order valence-corrected chi connectivity index (χ2v) is 4.66. The summed E-state index contributed by atoms with van der Waals surface area (Å²) >= 11 is 1.62. The molecule has 0 aliphatic carbocycles. The highest BCUT2D eigenvalue weighted by Crippen LogP contribution is 2.03. The van der Waals surface area contributed by atoms with Crippen LogP contribution in [0, 0.1) is 0 Å². The van der Waals surface area contributed by atoms with E-state index in [2.05, 4.69) is 10.6 Å². The van der Waals surface area contributed by atoms with Crippen molar-refractivity contribution in [2.45, 2.75) is 13.0 Å². The molecule has 7 nitrogen and oxygen atoms in total. The Bertz CT molecular complexity index is 311. The van der Waals surface area contributed by atoms with E-state index in [1.165, 1.54) is 4.90 Å². The fourth-order valence-corrected chi connectivity index (χ4v) is 1.78. The van der Waals surface area contributed by atoms with E-state index in [9.17, 15) is 14.4 Å². The number of hydrogen-bond donors (Lipinski definition) is 3. The van der Waals surface area contributed by atoms with Crippen molar-refractivity contribution in [2.24, 2.45) is 0 Å². The van der Waals surface area contributed by atoms with Crippen molar-refractivity contribution in [2.75, 3.05) is 32.1 Å². The summed E-state index contributed by atoms with van der Waals surface area (Å²) in [6.45, 7) is 1.22. The number of urea groups is 1. The van der Waals surface area contributed by atoms with Crippen LogP contribution in [0.15, 0.2) is 0 Å². The third-order valence-corrected chi connectivity index (χ3v) is 3.04. The summed E-state index contributed by atoms with van der Waals surface area (Å²) in [5, 5.41) is 12.9. The molecule has 0 spiro atoms. The zero-order chi connectivity index (χ0) is 14.1. The van der Waals surface area contributed by atoms with Crippen molar-refractivity contribution >= 4 is 29.7 Å². The molecule has 104 valence electrons. The minimum atomic E-state index is -1.12. The third kappa shape index (κ3) is 7.00. The fourth-order valence-electron chi connectivity index (χ4n) is 1.07. The van der Waals surface area contributed by atoms with Crippen LogP contribution in [-0.4, -0.2) is 66.1 Å². The zero-order valence-electron chi connectivity index (χ0n) is 10.7. The Kier molecular flexibility index (Phi) is 7.93. The maximum Gasteiger partial charge on any atom is 0.322 e. The number of thioether (sulfide) groups is 1. The normalized spacial score (nSPS) is 11.5.